The van der Waals surface area contributed by atoms with E-state index in [1.807, 2.05) is 0 Å². The van der Waals surface area contributed by atoms with Crippen molar-refractivity contribution < 1.29 is 4.74 Å². The molecule has 0 aromatic rings. The molecule has 0 heterocycles. The molecule has 0 aromatic heterocycles. The molecule has 0 N–H and O–H groups in total. The van der Waals surface area contributed by atoms with Crippen molar-refractivity contribution in [1.29, 1.82) is 0 Å². The first-order chi connectivity index (χ1) is 5.84. The van der Waals surface area contributed by atoms with Gasteiger partial charge in [-0.3, -0.25) is 4.90 Å². The number of hydrogen-bond donors (Lipinski definition) is 0. The molecule has 2 heteroatoms. The maximum atomic E-state index is 5.52. The van der Waals surface area contributed by atoms with Gasteiger partial charge >= 0.3 is 0 Å². The third-order valence-electron chi connectivity index (χ3n) is 2.17. The summed E-state index contributed by atoms with van der Waals surface area (Å²) >= 11 is 0. The van der Waals surface area contributed by atoms with Gasteiger partial charge in [-0.1, -0.05) is 13.8 Å². The Balaban J connectivity index is 3.43. The third kappa shape index (κ3) is 7.03. The van der Waals surface area contributed by atoms with E-state index >= 15 is 0 Å². The minimum Gasteiger partial charge on any atom is -0.380 e. The first-order valence-corrected chi connectivity index (χ1v) is 5.13. The van der Waals surface area contributed by atoms with E-state index in [1.165, 1.54) is 0 Å². The lowest BCUT2D eigenvalue weighted by atomic mass is 10.1. The van der Waals surface area contributed by atoms with Crippen LogP contribution in [0.25, 0.3) is 0 Å². The monoisotopic (exact) mass is 187 g/mol. The summed E-state index contributed by atoms with van der Waals surface area (Å²) in [6, 6.07) is 0. The molecule has 0 aromatic carbocycles. The molecule has 0 spiro atoms. The fourth-order valence-electron chi connectivity index (χ4n) is 0.856. The number of hydrogen-bond acceptors (Lipinski definition) is 2. The highest BCUT2D eigenvalue weighted by molar-refractivity contribution is 4.72. The van der Waals surface area contributed by atoms with Crippen LogP contribution in [0, 0.1) is 5.92 Å². The Labute approximate surface area is 83.3 Å². The second-order valence-corrected chi connectivity index (χ2v) is 5.06. The van der Waals surface area contributed by atoms with Crippen LogP contribution in [0.15, 0.2) is 0 Å². The third-order valence-corrected chi connectivity index (χ3v) is 2.17. The van der Waals surface area contributed by atoms with Crippen molar-refractivity contribution in [3.8, 4) is 0 Å². The first-order valence-electron chi connectivity index (χ1n) is 5.13. The fraction of sp³-hybridized carbons (Fsp3) is 1.00. The first kappa shape index (κ1) is 12.9. The number of nitrogens with zero attached hydrogens (tertiary/aromatic N) is 1. The van der Waals surface area contributed by atoms with Crippen LogP contribution in [0.5, 0.6) is 0 Å². The molecule has 0 aliphatic heterocycles. The van der Waals surface area contributed by atoms with Crippen LogP contribution in [-0.4, -0.2) is 37.2 Å². The van der Waals surface area contributed by atoms with Gasteiger partial charge in [0, 0.05) is 18.7 Å². The molecule has 0 rings (SSSR count). The minimum atomic E-state index is 0.251. The van der Waals surface area contributed by atoms with Gasteiger partial charge in [-0.2, -0.15) is 0 Å². The quantitative estimate of drug-likeness (QED) is 0.613. The zero-order valence-electron chi connectivity index (χ0n) is 10.1. The molecule has 2 nitrogen and oxygen atoms in total. The van der Waals surface area contributed by atoms with Crippen molar-refractivity contribution in [2.24, 2.45) is 5.92 Å². The molecule has 0 aliphatic rings. The molecule has 0 aliphatic carbocycles. The Morgan fingerprint density at radius 2 is 1.77 bits per heavy atom. The van der Waals surface area contributed by atoms with Gasteiger partial charge in [0.15, 0.2) is 0 Å². The molecule has 0 saturated carbocycles. The van der Waals surface area contributed by atoms with Crippen LogP contribution < -0.4 is 0 Å². The topological polar surface area (TPSA) is 12.5 Å². The van der Waals surface area contributed by atoms with Crippen LogP contribution in [0.2, 0.25) is 0 Å². The van der Waals surface area contributed by atoms with E-state index in [1.54, 1.807) is 0 Å². The molecule has 0 bridgehead atoms. The van der Waals surface area contributed by atoms with Gasteiger partial charge < -0.3 is 4.74 Å². The average molecular weight is 187 g/mol. The largest absolute Gasteiger partial charge is 0.380 e. The summed E-state index contributed by atoms with van der Waals surface area (Å²) in [6.07, 6.45) is 0. The lowest BCUT2D eigenvalue weighted by Crippen LogP contribution is -2.40. The van der Waals surface area contributed by atoms with E-state index in [2.05, 4.69) is 46.6 Å². The Morgan fingerprint density at radius 1 is 1.23 bits per heavy atom. The Kier molecular flexibility index (Phi) is 5.57. The summed E-state index contributed by atoms with van der Waals surface area (Å²) < 4.78 is 5.52. The second kappa shape index (κ2) is 5.61. The Morgan fingerprint density at radius 3 is 2.15 bits per heavy atom. The van der Waals surface area contributed by atoms with E-state index in [4.69, 9.17) is 4.74 Å². The summed E-state index contributed by atoms with van der Waals surface area (Å²) in [5.74, 6) is 0.639. The smallest absolute Gasteiger partial charge is 0.0593 e. The number of ether oxygens (including phenoxy) is 1. The van der Waals surface area contributed by atoms with Crippen LogP contribution in [0.3, 0.4) is 0 Å². The van der Waals surface area contributed by atoms with Gasteiger partial charge in [0.1, 0.15) is 0 Å². The molecular formula is C11H25NO. The van der Waals surface area contributed by atoms with Crippen molar-refractivity contribution in [2.75, 3.05) is 26.8 Å². The maximum absolute atomic E-state index is 5.52. The molecule has 0 radical (unpaired) electrons. The zero-order chi connectivity index (χ0) is 10.5. The SMILES string of the molecule is CC(C)COCCN(C)C(C)(C)C. The molecule has 0 atom stereocenters. The highest BCUT2D eigenvalue weighted by Crippen LogP contribution is 2.09. The zero-order valence-corrected chi connectivity index (χ0v) is 10.1. The molecule has 0 fully saturated rings. The molecular weight excluding hydrogens is 162 g/mol. The predicted molar refractivity (Wildman–Crippen MR) is 58.0 cm³/mol. The van der Waals surface area contributed by atoms with Crippen molar-refractivity contribution >= 4 is 0 Å². The molecule has 13 heavy (non-hydrogen) atoms. The average Bonchev–Trinajstić information content (AvgIpc) is 1.95. The fourth-order valence-corrected chi connectivity index (χ4v) is 0.856. The van der Waals surface area contributed by atoms with Crippen molar-refractivity contribution in [1.82, 2.24) is 4.90 Å². The molecule has 0 unspecified atom stereocenters. The molecule has 80 valence electrons. The van der Waals surface area contributed by atoms with E-state index in [-0.39, 0.29) is 5.54 Å². The van der Waals surface area contributed by atoms with E-state index in [9.17, 15) is 0 Å². The van der Waals surface area contributed by atoms with Gasteiger partial charge in [0.25, 0.3) is 0 Å². The van der Waals surface area contributed by atoms with Gasteiger partial charge in [-0.25, -0.2) is 0 Å². The lowest BCUT2D eigenvalue weighted by molar-refractivity contribution is 0.0675. The maximum Gasteiger partial charge on any atom is 0.0593 e. The minimum absolute atomic E-state index is 0.251. The summed E-state index contributed by atoms with van der Waals surface area (Å²) in [7, 11) is 2.14. The van der Waals surface area contributed by atoms with Crippen molar-refractivity contribution in [3.63, 3.8) is 0 Å². The van der Waals surface area contributed by atoms with Gasteiger partial charge in [0.2, 0.25) is 0 Å². The van der Waals surface area contributed by atoms with Gasteiger partial charge in [0.05, 0.1) is 6.61 Å². The summed E-state index contributed by atoms with van der Waals surface area (Å²) in [4.78, 5) is 2.31. The highest BCUT2D eigenvalue weighted by atomic mass is 16.5. The number of rotatable bonds is 5. The van der Waals surface area contributed by atoms with E-state index in [0.717, 1.165) is 19.8 Å². The Bertz CT molecular complexity index is 127. The summed E-state index contributed by atoms with van der Waals surface area (Å²) in [5, 5.41) is 0. The Hall–Kier alpha value is -0.0800. The van der Waals surface area contributed by atoms with Gasteiger partial charge in [-0.15, -0.1) is 0 Å². The molecule has 0 saturated heterocycles. The summed E-state index contributed by atoms with van der Waals surface area (Å²) in [6.45, 7) is 13.7. The van der Waals surface area contributed by atoms with E-state index < -0.39 is 0 Å². The second-order valence-electron chi connectivity index (χ2n) is 5.06. The van der Waals surface area contributed by atoms with Crippen LogP contribution in [0.1, 0.15) is 34.6 Å². The summed E-state index contributed by atoms with van der Waals surface area (Å²) in [5.41, 5.74) is 0.251. The van der Waals surface area contributed by atoms with Crippen molar-refractivity contribution in [2.45, 2.75) is 40.2 Å². The van der Waals surface area contributed by atoms with Crippen LogP contribution >= 0.6 is 0 Å². The highest BCUT2D eigenvalue weighted by Gasteiger charge is 2.15. The normalized spacial score (nSPS) is 12.9. The van der Waals surface area contributed by atoms with E-state index in [0.29, 0.717) is 5.92 Å². The van der Waals surface area contributed by atoms with Gasteiger partial charge in [-0.05, 0) is 33.7 Å². The molecule has 0 amide bonds. The lowest BCUT2D eigenvalue weighted by Gasteiger charge is -2.31. The number of likely N-dealkylation sites (N-methyl/N-ethyl adjacent to an activating group) is 1. The standard InChI is InChI=1S/C11H25NO/c1-10(2)9-13-8-7-12(6)11(3,4)5/h10H,7-9H2,1-6H3. The van der Waals surface area contributed by atoms with Crippen LogP contribution in [-0.2, 0) is 4.74 Å². The predicted octanol–water partition coefficient (Wildman–Crippen LogP) is 2.39. The van der Waals surface area contributed by atoms with Crippen molar-refractivity contribution in [3.05, 3.63) is 0 Å². The van der Waals surface area contributed by atoms with Crippen LogP contribution in [0.4, 0.5) is 0 Å².